The SMILES string of the molecule is O=C(/C=C/CCC[C@H](OC(=O)Nc1ccc2c(c1)OCO2)c1ccc(O)c2ccccc12)NO. The number of allylic oxidation sites excluding steroid dienone is 1. The van der Waals surface area contributed by atoms with Crippen molar-refractivity contribution in [3.8, 4) is 17.2 Å². The number of benzene rings is 3. The quantitative estimate of drug-likeness (QED) is 0.163. The second-order valence-electron chi connectivity index (χ2n) is 7.62. The number of fused-ring (bicyclic) bond motifs is 2. The zero-order valence-electron chi connectivity index (χ0n) is 18.2. The number of phenolic OH excluding ortho intramolecular Hbond substituents is 1. The van der Waals surface area contributed by atoms with E-state index in [4.69, 9.17) is 19.4 Å². The van der Waals surface area contributed by atoms with Crippen molar-refractivity contribution in [2.45, 2.75) is 25.4 Å². The Morgan fingerprint density at radius 3 is 2.68 bits per heavy atom. The van der Waals surface area contributed by atoms with Gasteiger partial charge in [-0.05, 0) is 42.8 Å². The maximum absolute atomic E-state index is 12.8. The van der Waals surface area contributed by atoms with Crippen LogP contribution in [0.2, 0.25) is 0 Å². The van der Waals surface area contributed by atoms with Gasteiger partial charge in [0.05, 0.1) is 0 Å². The molecule has 0 fully saturated rings. The van der Waals surface area contributed by atoms with Crippen LogP contribution in [-0.2, 0) is 9.53 Å². The topological polar surface area (TPSA) is 126 Å². The molecule has 176 valence electrons. The van der Waals surface area contributed by atoms with Crippen molar-refractivity contribution in [3.63, 3.8) is 0 Å². The summed E-state index contributed by atoms with van der Waals surface area (Å²) in [4.78, 5) is 23.9. The van der Waals surface area contributed by atoms with Gasteiger partial charge in [0.25, 0.3) is 5.91 Å². The summed E-state index contributed by atoms with van der Waals surface area (Å²) in [6.45, 7) is 0.133. The first kappa shape index (κ1) is 22.9. The van der Waals surface area contributed by atoms with Gasteiger partial charge in [0, 0.05) is 28.8 Å². The van der Waals surface area contributed by atoms with E-state index in [9.17, 15) is 14.7 Å². The highest BCUT2D eigenvalue weighted by Gasteiger charge is 2.21. The smallest absolute Gasteiger partial charge is 0.412 e. The third kappa shape index (κ3) is 5.38. The molecule has 0 saturated heterocycles. The van der Waals surface area contributed by atoms with Crippen LogP contribution in [0.4, 0.5) is 10.5 Å². The first-order chi connectivity index (χ1) is 16.5. The number of rotatable bonds is 8. The van der Waals surface area contributed by atoms with Gasteiger partial charge in [-0.3, -0.25) is 15.3 Å². The van der Waals surface area contributed by atoms with Gasteiger partial charge in [0.1, 0.15) is 11.9 Å². The first-order valence-electron chi connectivity index (χ1n) is 10.7. The fraction of sp³-hybridized carbons (Fsp3) is 0.200. The Balaban J connectivity index is 1.51. The number of amides is 2. The molecule has 0 saturated carbocycles. The Bertz CT molecular complexity index is 1230. The fourth-order valence-electron chi connectivity index (χ4n) is 3.76. The molecule has 2 amide bonds. The minimum atomic E-state index is -0.642. The number of hydrogen-bond donors (Lipinski definition) is 4. The highest BCUT2D eigenvalue weighted by atomic mass is 16.7. The Labute approximate surface area is 195 Å². The summed E-state index contributed by atoms with van der Waals surface area (Å²) in [5, 5.41) is 23.0. The van der Waals surface area contributed by atoms with E-state index in [1.54, 1.807) is 42.5 Å². The maximum atomic E-state index is 12.8. The Morgan fingerprint density at radius 2 is 1.85 bits per heavy atom. The van der Waals surface area contributed by atoms with Gasteiger partial charge in [-0.2, -0.15) is 0 Å². The van der Waals surface area contributed by atoms with Crippen LogP contribution >= 0.6 is 0 Å². The van der Waals surface area contributed by atoms with E-state index in [1.165, 1.54) is 11.6 Å². The number of nitrogens with one attached hydrogen (secondary N) is 2. The summed E-state index contributed by atoms with van der Waals surface area (Å²) in [5.74, 6) is 0.675. The van der Waals surface area contributed by atoms with Gasteiger partial charge in [-0.15, -0.1) is 0 Å². The van der Waals surface area contributed by atoms with Gasteiger partial charge < -0.3 is 19.3 Å². The molecule has 1 aliphatic rings. The molecule has 3 aromatic carbocycles. The van der Waals surface area contributed by atoms with Gasteiger partial charge in [-0.1, -0.05) is 36.4 Å². The molecule has 9 heteroatoms. The number of aromatic hydroxyl groups is 1. The molecule has 4 rings (SSSR count). The van der Waals surface area contributed by atoms with Crippen molar-refractivity contribution in [1.82, 2.24) is 5.48 Å². The number of carbonyl (C=O) groups excluding carboxylic acids is 2. The lowest BCUT2D eigenvalue weighted by molar-refractivity contribution is -0.124. The summed E-state index contributed by atoms with van der Waals surface area (Å²) in [6.07, 6.45) is 3.21. The van der Waals surface area contributed by atoms with E-state index in [-0.39, 0.29) is 12.5 Å². The molecule has 4 N–H and O–H groups in total. The van der Waals surface area contributed by atoms with E-state index in [0.29, 0.717) is 41.8 Å². The van der Waals surface area contributed by atoms with Crippen LogP contribution in [0.5, 0.6) is 17.2 Å². The fourth-order valence-corrected chi connectivity index (χ4v) is 3.76. The van der Waals surface area contributed by atoms with Gasteiger partial charge in [-0.25, -0.2) is 10.3 Å². The molecule has 0 unspecified atom stereocenters. The summed E-state index contributed by atoms with van der Waals surface area (Å²) in [7, 11) is 0. The zero-order valence-corrected chi connectivity index (χ0v) is 18.2. The third-order valence-electron chi connectivity index (χ3n) is 5.37. The summed E-state index contributed by atoms with van der Waals surface area (Å²) >= 11 is 0. The predicted octanol–water partition coefficient (Wildman–Crippen LogP) is 4.80. The number of hydroxylamine groups is 1. The molecule has 0 spiro atoms. The normalized spacial score (nSPS) is 13.1. The molecule has 1 aliphatic heterocycles. The molecule has 9 nitrogen and oxygen atoms in total. The molecule has 1 atom stereocenters. The lowest BCUT2D eigenvalue weighted by Gasteiger charge is -2.21. The number of unbranched alkanes of at least 4 members (excludes halogenated alkanes) is 1. The maximum Gasteiger partial charge on any atom is 0.412 e. The average Bonchev–Trinajstić information content (AvgIpc) is 3.31. The Morgan fingerprint density at radius 1 is 1.06 bits per heavy atom. The molecule has 0 aliphatic carbocycles. The summed E-state index contributed by atoms with van der Waals surface area (Å²) < 4.78 is 16.4. The first-order valence-corrected chi connectivity index (χ1v) is 10.7. The van der Waals surface area contributed by atoms with Crippen LogP contribution < -0.4 is 20.3 Å². The third-order valence-corrected chi connectivity index (χ3v) is 5.37. The van der Waals surface area contributed by atoms with Crippen molar-refractivity contribution >= 4 is 28.5 Å². The Kier molecular flexibility index (Phi) is 7.14. The molecule has 0 radical (unpaired) electrons. The Hall–Kier alpha value is -4.24. The highest BCUT2D eigenvalue weighted by Crippen LogP contribution is 2.36. The van der Waals surface area contributed by atoms with Crippen LogP contribution in [0.15, 0.2) is 66.7 Å². The van der Waals surface area contributed by atoms with Crippen LogP contribution in [0, 0.1) is 0 Å². The minimum absolute atomic E-state index is 0.133. The molecule has 1 heterocycles. The van der Waals surface area contributed by atoms with Crippen molar-refractivity contribution in [1.29, 1.82) is 0 Å². The molecular weight excluding hydrogens is 440 g/mol. The van der Waals surface area contributed by atoms with Crippen LogP contribution in [0.3, 0.4) is 0 Å². The monoisotopic (exact) mass is 464 g/mol. The molecule has 3 aromatic rings. The average molecular weight is 464 g/mol. The van der Waals surface area contributed by atoms with Crippen molar-refractivity contribution in [2.24, 2.45) is 0 Å². The van der Waals surface area contributed by atoms with E-state index in [2.05, 4.69) is 5.32 Å². The van der Waals surface area contributed by atoms with Gasteiger partial charge in [0.2, 0.25) is 6.79 Å². The van der Waals surface area contributed by atoms with E-state index >= 15 is 0 Å². The van der Waals surface area contributed by atoms with E-state index in [0.717, 1.165) is 10.9 Å². The van der Waals surface area contributed by atoms with Crippen molar-refractivity contribution in [2.75, 3.05) is 12.1 Å². The minimum Gasteiger partial charge on any atom is -0.507 e. The lowest BCUT2D eigenvalue weighted by Crippen LogP contribution is -2.18. The largest absolute Gasteiger partial charge is 0.507 e. The number of carbonyl (C=O) groups is 2. The second-order valence-corrected chi connectivity index (χ2v) is 7.62. The van der Waals surface area contributed by atoms with E-state index in [1.807, 2.05) is 18.2 Å². The second kappa shape index (κ2) is 10.6. The number of phenols is 1. The summed E-state index contributed by atoms with van der Waals surface area (Å²) in [5.41, 5.74) is 2.79. The van der Waals surface area contributed by atoms with Crippen molar-refractivity contribution in [3.05, 3.63) is 72.3 Å². The standard InChI is InChI=1S/C25H24N2O7/c28-20-12-11-19(17-6-4-5-7-18(17)20)21(8-2-1-3-9-24(29)27-31)34-25(30)26-16-10-13-22-23(14-16)33-15-32-22/h3-7,9-14,21,28,31H,1-2,8,15H2,(H,26,30)(H,27,29)/b9-3+/t21-/m0/s1. The van der Waals surface area contributed by atoms with E-state index < -0.39 is 18.1 Å². The lowest BCUT2D eigenvalue weighted by atomic mass is 9.96. The van der Waals surface area contributed by atoms with Crippen LogP contribution in [0.25, 0.3) is 10.8 Å². The number of anilines is 1. The zero-order chi connectivity index (χ0) is 23.9. The van der Waals surface area contributed by atoms with Crippen LogP contribution in [-0.4, -0.2) is 29.1 Å². The van der Waals surface area contributed by atoms with Crippen LogP contribution in [0.1, 0.15) is 30.9 Å². The number of hydrogen-bond acceptors (Lipinski definition) is 7. The highest BCUT2D eigenvalue weighted by molar-refractivity contribution is 5.91. The van der Waals surface area contributed by atoms with Gasteiger partial charge in [0.15, 0.2) is 11.5 Å². The number of ether oxygens (including phenoxy) is 3. The molecule has 0 aromatic heterocycles. The van der Waals surface area contributed by atoms with Gasteiger partial charge >= 0.3 is 6.09 Å². The van der Waals surface area contributed by atoms with Crippen molar-refractivity contribution < 1.29 is 34.1 Å². The molecule has 34 heavy (non-hydrogen) atoms. The predicted molar refractivity (Wildman–Crippen MR) is 124 cm³/mol. The molecular formula is C25H24N2O7. The molecule has 0 bridgehead atoms. The summed E-state index contributed by atoms with van der Waals surface area (Å²) in [6, 6.07) is 15.7.